The van der Waals surface area contributed by atoms with Gasteiger partial charge in [-0.2, -0.15) is 0 Å². The van der Waals surface area contributed by atoms with Gasteiger partial charge in [0.25, 0.3) is 5.91 Å². The predicted octanol–water partition coefficient (Wildman–Crippen LogP) is 3.29. The van der Waals surface area contributed by atoms with Crippen LogP contribution >= 0.6 is 15.9 Å². The molecule has 0 radical (unpaired) electrons. The van der Waals surface area contributed by atoms with Crippen LogP contribution in [0.4, 0.5) is 5.69 Å². The molecule has 166 valence electrons. The fourth-order valence-electron chi connectivity index (χ4n) is 3.96. The molecule has 1 aliphatic rings. The summed E-state index contributed by atoms with van der Waals surface area (Å²) in [6.45, 7) is 4.25. The van der Waals surface area contributed by atoms with Gasteiger partial charge in [0.15, 0.2) is 5.69 Å². The molecule has 9 heteroatoms. The fourth-order valence-corrected chi connectivity index (χ4v) is 4.35. The van der Waals surface area contributed by atoms with Crippen LogP contribution in [0.15, 0.2) is 53.0 Å². The summed E-state index contributed by atoms with van der Waals surface area (Å²) in [5.41, 5.74) is 8.98. The van der Waals surface area contributed by atoms with Gasteiger partial charge in [-0.1, -0.05) is 39.3 Å². The summed E-state index contributed by atoms with van der Waals surface area (Å²) in [5, 5.41) is 11.2. The molecule has 0 spiro atoms. The van der Waals surface area contributed by atoms with Crippen LogP contribution in [0.25, 0.3) is 5.69 Å². The smallest absolute Gasteiger partial charge is 0.278 e. The molecule has 1 fully saturated rings. The number of nitrogens with one attached hydrogen (secondary N) is 1. The van der Waals surface area contributed by atoms with Crippen molar-refractivity contribution in [3.8, 4) is 5.69 Å². The first-order chi connectivity index (χ1) is 15.4. The highest BCUT2D eigenvalue weighted by Gasteiger charge is 2.23. The maximum Gasteiger partial charge on any atom is 0.278 e. The third kappa shape index (κ3) is 5.05. The normalized spacial score (nSPS) is 14.9. The van der Waals surface area contributed by atoms with Crippen molar-refractivity contribution in [2.45, 2.75) is 26.3 Å². The number of likely N-dealkylation sites (tertiary alicyclic amines) is 1. The van der Waals surface area contributed by atoms with E-state index >= 15 is 0 Å². The summed E-state index contributed by atoms with van der Waals surface area (Å²) in [6, 6.07) is 15.4. The molecular weight excluding hydrogens is 472 g/mol. The second-order valence-electron chi connectivity index (χ2n) is 8.02. The van der Waals surface area contributed by atoms with E-state index in [1.807, 2.05) is 55.5 Å². The first-order valence-corrected chi connectivity index (χ1v) is 11.3. The molecule has 1 aromatic heterocycles. The standard InChI is InChI=1S/C23H25BrN6O2/c1-15-21(27-28-30(15)20-7-3-5-18(24)13-20)23(32)26-19-6-2-4-16(12-19)14-29-10-8-17(9-11-29)22(25)31/h2-7,12-13,17H,8-11,14H2,1H3,(H2,25,31)(H,26,32). The molecule has 3 N–H and O–H groups in total. The van der Waals surface area contributed by atoms with E-state index in [0.717, 1.165) is 48.2 Å². The maximum absolute atomic E-state index is 12.9. The minimum absolute atomic E-state index is 0.0227. The van der Waals surface area contributed by atoms with Gasteiger partial charge in [-0.25, -0.2) is 4.68 Å². The Labute approximate surface area is 194 Å². The minimum Gasteiger partial charge on any atom is -0.369 e. The summed E-state index contributed by atoms with van der Waals surface area (Å²) in [7, 11) is 0. The van der Waals surface area contributed by atoms with Crippen molar-refractivity contribution < 1.29 is 9.59 Å². The van der Waals surface area contributed by atoms with E-state index in [2.05, 4.69) is 36.5 Å². The van der Waals surface area contributed by atoms with Crippen molar-refractivity contribution in [3.63, 3.8) is 0 Å². The number of halogens is 1. The van der Waals surface area contributed by atoms with Crippen LogP contribution in [0.1, 0.15) is 34.6 Å². The van der Waals surface area contributed by atoms with Gasteiger partial charge in [0.1, 0.15) is 0 Å². The highest BCUT2D eigenvalue weighted by Crippen LogP contribution is 2.21. The van der Waals surface area contributed by atoms with Crippen LogP contribution in [-0.2, 0) is 11.3 Å². The van der Waals surface area contributed by atoms with Gasteiger partial charge >= 0.3 is 0 Å². The number of carbonyl (C=O) groups is 2. The molecule has 0 bridgehead atoms. The lowest BCUT2D eigenvalue weighted by Crippen LogP contribution is -2.38. The van der Waals surface area contributed by atoms with Crippen LogP contribution in [0.2, 0.25) is 0 Å². The average Bonchev–Trinajstić information content (AvgIpc) is 3.16. The molecule has 0 unspecified atom stereocenters. The van der Waals surface area contributed by atoms with E-state index in [1.54, 1.807) is 4.68 Å². The zero-order valence-electron chi connectivity index (χ0n) is 17.8. The zero-order valence-corrected chi connectivity index (χ0v) is 19.4. The summed E-state index contributed by atoms with van der Waals surface area (Å²) < 4.78 is 2.57. The van der Waals surface area contributed by atoms with Gasteiger partial charge in [0, 0.05) is 22.6 Å². The number of rotatable bonds is 6. The van der Waals surface area contributed by atoms with E-state index < -0.39 is 0 Å². The van der Waals surface area contributed by atoms with Gasteiger partial charge in [-0.3, -0.25) is 14.5 Å². The number of nitrogens with two attached hydrogens (primary N) is 1. The Balaban J connectivity index is 1.42. The largest absolute Gasteiger partial charge is 0.369 e. The van der Waals surface area contributed by atoms with Crippen LogP contribution in [0, 0.1) is 12.8 Å². The lowest BCUT2D eigenvalue weighted by atomic mass is 9.96. The average molecular weight is 497 g/mol. The molecule has 2 amide bonds. The molecule has 32 heavy (non-hydrogen) atoms. The zero-order chi connectivity index (χ0) is 22.7. The van der Waals surface area contributed by atoms with E-state index in [9.17, 15) is 9.59 Å². The maximum atomic E-state index is 12.9. The first kappa shape index (κ1) is 22.2. The van der Waals surface area contributed by atoms with E-state index in [1.165, 1.54) is 0 Å². The number of piperidine rings is 1. The number of hydrogen-bond donors (Lipinski definition) is 2. The number of carbonyl (C=O) groups excluding carboxylic acids is 2. The Morgan fingerprint density at radius 1 is 1.16 bits per heavy atom. The van der Waals surface area contributed by atoms with Crippen LogP contribution in [-0.4, -0.2) is 44.8 Å². The van der Waals surface area contributed by atoms with Crippen molar-refractivity contribution in [1.29, 1.82) is 0 Å². The van der Waals surface area contributed by atoms with E-state index in [-0.39, 0.29) is 23.4 Å². The van der Waals surface area contributed by atoms with Gasteiger partial charge in [0.2, 0.25) is 5.91 Å². The van der Waals surface area contributed by atoms with E-state index in [0.29, 0.717) is 11.4 Å². The number of primary amides is 1. The quantitative estimate of drug-likeness (QED) is 0.544. The molecule has 8 nitrogen and oxygen atoms in total. The molecule has 0 saturated carbocycles. The molecular formula is C23H25BrN6O2. The fraction of sp³-hybridized carbons (Fsp3) is 0.304. The van der Waals surface area contributed by atoms with Gasteiger partial charge < -0.3 is 11.1 Å². The van der Waals surface area contributed by atoms with Crippen molar-refractivity contribution in [1.82, 2.24) is 19.9 Å². The number of anilines is 1. The Hall–Kier alpha value is -3.04. The lowest BCUT2D eigenvalue weighted by Gasteiger charge is -2.30. The van der Waals surface area contributed by atoms with Gasteiger partial charge in [0.05, 0.1) is 11.4 Å². The van der Waals surface area contributed by atoms with Crippen LogP contribution < -0.4 is 11.1 Å². The van der Waals surface area contributed by atoms with E-state index in [4.69, 9.17) is 5.73 Å². The third-order valence-corrected chi connectivity index (χ3v) is 6.24. The van der Waals surface area contributed by atoms with Crippen LogP contribution in [0.5, 0.6) is 0 Å². The number of benzene rings is 2. The lowest BCUT2D eigenvalue weighted by molar-refractivity contribution is -0.123. The third-order valence-electron chi connectivity index (χ3n) is 5.74. The number of amides is 2. The number of aromatic nitrogens is 3. The Morgan fingerprint density at radius 3 is 2.62 bits per heavy atom. The van der Waals surface area contributed by atoms with Crippen LogP contribution in [0.3, 0.4) is 0 Å². The first-order valence-electron chi connectivity index (χ1n) is 10.5. The summed E-state index contributed by atoms with van der Waals surface area (Å²) >= 11 is 3.45. The minimum atomic E-state index is -0.303. The van der Waals surface area contributed by atoms with Crippen molar-refractivity contribution >= 4 is 33.4 Å². The molecule has 1 saturated heterocycles. The summed E-state index contributed by atoms with van der Waals surface area (Å²) in [4.78, 5) is 26.5. The summed E-state index contributed by atoms with van der Waals surface area (Å²) in [6.07, 6.45) is 1.58. The molecule has 2 aromatic carbocycles. The Bertz CT molecular complexity index is 1140. The van der Waals surface area contributed by atoms with Gasteiger partial charge in [-0.05, 0) is 68.8 Å². The Morgan fingerprint density at radius 2 is 1.91 bits per heavy atom. The second-order valence-corrected chi connectivity index (χ2v) is 8.94. The number of nitrogens with zero attached hydrogens (tertiary/aromatic N) is 4. The SMILES string of the molecule is Cc1c(C(=O)Nc2cccc(CN3CCC(C(N)=O)CC3)c2)nnn1-c1cccc(Br)c1. The van der Waals surface area contributed by atoms with Gasteiger partial charge in [-0.15, -0.1) is 5.10 Å². The molecule has 4 rings (SSSR count). The molecule has 1 aliphatic heterocycles. The molecule has 2 heterocycles. The molecule has 0 aliphatic carbocycles. The second kappa shape index (κ2) is 9.62. The van der Waals surface area contributed by atoms with Crippen molar-refractivity contribution in [2.75, 3.05) is 18.4 Å². The number of hydrogen-bond acceptors (Lipinski definition) is 5. The summed E-state index contributed by atoms with van der Waals surface area (Å²) in [5.74, 6) is -0.532. The van der Waals surface area contributed by atoms with Crippen molar-refractivity contribution in [3.05, 3.63) is 70.0 Å². The van der Waals surface area contributed by atoms with Crippen molar-refractivity contribution in [2.24, 2.45) is 11.7 Å². The molecule has 3 aromatic rings. The predicted molar refractivity (Wildman–Crippen MR) is 125 cm³/mol. The molecule has 0 atom stereocenters. The monoisotopic (exact) mass is 496 g/mol. The highest BCUT2D eigenvalue weighted by molar-refractivity contribution is 9.10. The highest BCUT2D eigenvalue weighted by atomic mass is 79.9. The Kier molecular flexibility index (Phi) is 6.66. The topological polar surface area (TPSA) is 106 Å².